The van der Waals surface area contributed by atoms with Crippen LogP contribution in [0, 0.1) is 6.92 Å². The van der Waals surface area contributed by atoms with E-state index in [-0.39, 0.29) is 40.7 Å². The van der Waals surface area contributed by atoms with Crippen molar-refractivity contribution in [2.45, 2.75) is 32.6 Å². The summed E-state index contributed by atoms with van der Waals surface area (Å²) in [6.45, 7) is 2.54. The Balaban J connectivity index is 1.54. The highest BCUT2D eigenvalue weighted by atomic mass is 19.4. The molecule has 4 rings (SSSR count). The molecule has 16 heteroatoms. The molecule has 0 saturated heterocycles. The third-order valence-electron chi connectivity index (χ3n) is 5.69. The number of nitrogens with one attached hydrogen (secondary N) is 2. The van der Waals surface area contributed by atoms with Crippen molar-refractivity contribution in [3.05, 3.63) is 74.8 Å². The molecule has 204 valence electrons. The van der Waals surface area contributed by atoms with Gasteiger partial charge in [0.25, 0.3) is 5.56 Å². The SMILES string of the molecule is Cc1cc(-c2cncc(NC(=O)[C@H](C)Nc3c(N)n(C)c(=O)n(Cc4ccon4)c3=O)n2)cnc1C(F)(F)F. The summed E-state index contributed by atoms with van der Waals surface area (Å²) in [4.78, 5) is 50.2. The van der Waals surface area contributed by atoms with Gasteiger partial charge in [-0.05, 0) is 25.5 Å². The lowest BCUT2D eigenvalue weighted by Crippen LogP contribution is -2.43. The second-order valence-electron chi connectivity index (χ2n) is 8.52. The first-order chi connectivity index (χ1) is 18.4. The van der Waals surface area contributed by atoms with Gasteiger partial charge in [-0.3, -0.25) is 28.7 Å². The number of nitrogen functional groups attached to an aromatic ring is 1. The van der Waals surface area contributed by atoms with Crippen LogP contribution in [0.5, 0.6) is 0 Å². The maximum absolute atomic E-state index is 13.0. The summed E-state index contributed by atoms with van der Waals surface area (Å²) >= 11 is 0. The molecule has 0 aromatic carbocycles. The van der Waals surface area contributed by atoms with Crippen LogP contribution in [0.15, 0.2) is 51.1 Å². The number of nitrogens with two attached hydrogens (primary N) is 1. The molecule has 0 spiro atoms. The number of hydrogen-bond donors (Lipinski definition) is 3. The molecule has 4 aromatic rings. The smallest absolute Gasteiger partial charge is 0.383 e. The average molecular weight is 545 g/mol. The first-order valence-corrected chi connectivity index (χ1v) is 11.3. The number of aromatic nitrogens is 6. The second kappa shape index (κ2) is 10.4. The maximum Gasteiger partial charge on any atom is 0.433 e. The van der Waals surface area contributed by atoms with Crippen molar-refractivity contribution in [2.75, 3.05) is 16.4 Å². The molecular weight excluding hydrogens is 523 g/mol. The lowest BCUT2D eigenvalue weighted by Gasteiger charge is -2.18. The molecule has 39 heavy (non-hydrogen) atoms. The highest BCUT2D eigenvalue weighted by Gasteiger charge is 2.34. The summed E-state index contributed by atoms with van der Waals surface area (Å²) in [6, 6.07) is 1.71. The van der Waals surface area contributed by atoms with Crippen molar-refractivity contribution >= 4 is 23.2 Å². The van der Waals surface area contributed by atoms with E-state index in [9.17, 15) is 27.6 Å². The van der Waals surface area contributed by atoms with E-state index in [1.54, 1.807) is 0 Å². The van der Waals surface area contributed by atoms with Crippen LogP contribution in [0.2, 0.25) is 0 Å². The number of alkyl halides is 3. The van der Waals surface area contributed by atoms with Crippen LogP contribution in [0.4, 0.5) is 30.5 Å². The van der Waals surface area contributed by atoms with E-state index in [1.807, 2.05) is 0 Å². The van der Waals surface area contributed by atoms with Crippen molar-refractivity contribution in [1.29, 1.82) is 0 Å². The van der Waals surface area contributed by atoms with E-state index < -0.39 is 35.1 Å². The van der Waals surface area contributed by atoms with Crippen LogP contribution >= 0.6 is 0 Å². The van der Waals surface area contributed by atoms with E-state index >= 15 is 0 Å². The van der Waals surface area contributed by atoms with Crippen molar-refractivity contribution < 1.29 is 22.5 Å². The van der Waals surface area contributed by atoms with E-state index in [4.69, 9.17) is 10.3 Å². The molecule has 4 aromatic heterocycles. The van der Waals surface area contributed by atoms with Gasteiger partial charge in [0.2, 0.25) is 5.91 Å². The number of hydrogen-bond acceptors (Lipinski definition) is 10. The lowest BCUT2D eigenvalue weighted by molar-refractivity contribution is -0.141. The largest absolute Gasteiger partial charge is 0.433 e. The normalized spacial score (nSPS) is 12.3. The predicted molar refractivity (Wildman–Crippen MR) is 133 cm³/mol. The number of aryl methyl sites for hydroxylation is 1. The van der Waals surface area contributed by atoms with Gasteiger partial charge in [0.1, 0.15) is 35.2 Å². The molecule has 13 nitrogen and oxygen atoms in total. The van der Waals surface area contributed by atoms with Crippen LogP contribution in [-0.2, 0) is 24.6 Å². The Morgan fingerprint density at radius 1 is 1.23 bits per heavy atom. The van der Waals surface area contributed by atoms with Crippen molar-refractivity contribution in [3.63, 3.8) is 0 Å². The molecule has 0 unspecified atom stereocenters. The monoisotopic (exact) mass is 545 g/mol. The number of amides is 1. The third kappa shape index (κ3) is 5.63. The van der Waals surface area contributed by atoms with Gasteiger partial charge in [0.15, 0.2) is 5.82 Å². The van der Waals surface area contributed by atoms with Gasteiger partial charge in [0.05, 0.1) is 24.6 Å². The molecule has 0 fully saturated rings. The van der Waals surface area contributed by atoms with E-state index in [1.165, 1.54) is 51.7 Å². The third-order valence-corrected chi connectivity index (χ3v) is 5.69. The second-order valence-corrected chi connectivity index (χ2v) is 8.52. The van der Waals surface area contributed by atoms with Crippen molar-refractivity contribution in [1.82, 2.24) is 29.2 Å². The fourth-order valence-electron chi connectivity index (χ4n) is 3.63. The van der Waals surface area contributed by atoms with Crippen molar-refractivity contribution in [2.24, 2.45) is 7.05 Å². The number of pyridine rings is 1. The maximum atomic E-state index is 13.0. The zero-order valence-electron chi connectivity index (χ0n) is 20.8. The van der Waals surface area contributed by atoms with Gasteiger partial charge in [0, 0.05) is 24.9 Å². The van der Waals surface area contributed by atoms with E-state index in [2.05, 4.69) is 30.7 Å². The Hall–Kier alpha value is -5.02. The van der Waals surface area contributed by atoms with Gasteiger partial charge in [-0.1, -0.05) is 5.16 Å². The molecular formula is C23H22F3N9O4. The zero-order chi connectivity index (χ0) is 28.5. The fraction of sp³-hybridized carbons (Fsp3) is 0.261. The Morgan fingerprint density at radius 3 is 2.62 bits per heavy atom. The molecule has 4 heterocycles. The summed E-state index contributed by atoms with van der Waals surface area (Å²) in [5.74, 6) is -0.826. The molecule has 0 saturated carbocycles. The zero-order valence-corrected chi connectivity index (χ0v) is 20.8. The highest BCUT2D eigenvalue weighted by Crippen LogP contribution is 2.31. The van der Waals surface area contributed by atoms with Crippen molar-refractivity contribution in [3.8, 4) is 11.3 Å². The summed E-state index contributed by atoms with van der Waals surface area (Å²) in [5.41, 5.74) is 3.99. The summed E-state index contributed by atoms with van der Waals surface area (Å²) in [6.07, 6.45) is 0.262. The Morgan fingerprint density at radius 2 is 1.97 bits per heavy atom. The molecule has 4 N–H and O–H groups in total. The first kappa shape index (κ1) is 27.0. The Labute approximate surface area is 217 Å². The lowest BCUT2D eigenvalue weighted by atomic mass is 10.1. The first-order valence-electron chi connectivity index (χ1n) is 11.3. The number of rotatable bonds is 7. The van der Waals surface area contributed by atoms with E-state index in [0.717, 1.165) is 15.3 Å². The number of anilines is 3. The number of halogens is 3. The van der Waals surface area contributed by atoms with E-state index in [0.29, 0.717) is 5.69 Å². The van der Waals surface area contributed by atoms with Crippen LogP contribution in [0.25, 0.3) is 11.3 Å². The Bertz CT molecular complexity index is 1650. The molecule has 0 aliphatic heterocycles. The van der Waals surface area contributed by atoms with Crippen LogP contribution < -0.4 is 27.6 Å². The Kier molecular flexibility index (Phi) is 7.20. The number of carbonyl (C=O) groups excluding carboxylic acids is 1. The summed E-state index contributed by atoms with van der Waals surface area (Å²) in [5, 5.41) is 8.94. The summed E-state index contributed by atoms with van der Waals surface area (Å²) in [7, 11) is 1.37. The van der Waals surface area contributed by atoms with Gasteiger partial charge in [-0.2, -0.15) is 13.2 Å². The molecule has 0 aliphatic carbocycles. The van der Waals surface area contributed by atoms with Crippen LogP contribution in [-0.4, -0.2) is 41.2 Å². The minimum atomic E-state index is -4.60. The fourth-order valence-corrected chi connectivity index (χ4v) is 3.63. The predicted octanol–water partition coefficient (Wildman–Crippen LogP) is 1.78. The van der Waals surface area contributed by atoms with Gasteiger partial charge in [-0.25, -0.2) is 9.78 Å². The molecule has 1 amide bonds. The van der Waals surface area contributed by atoms with Crippen LogP contribution in [0.1, 0.15) is 23.9 Å². The minimum absolute atomic E-state index is 0.000535. The van der Waals surface area contributed by atoms with Gasteiger partial charge >= 0.3 is 11.9 Å². The van der Waals surface area contributed by atoms with Crippen LogP contribution in [0.3, 0.4) is 0 Å². The molecule has 0 aliphatic rings. The minimum Gasteiger partial charge on any atom is -0.383 e. The standard InChI is InChI=1S/C23H22F3N9O4/c1-11-6-13(7-29-18(11)23(24,25)26)15-8-28-9-16(31-15)32-20(36)12(2)30-17-19(27)34(3)22(38)35(21(17)37)10-14-4-5-39-33-14/h4-9,12,30H,10,27H2,1-3H3,(H,31,32,36)/t12-/m0/s1. The molecule has 0 radical (unpaired) electrons. The molecule has 0 bridgehead atoms. The highest BCUT2D eigenvalue weighted by molar-refractivity contribution is 5.96. The topological polar surface area (TPSA) is 176 Å². The molecule has 1 atom stereocenters. The quantitative estimate of drug-likeness (QED) is 0.310. The summed E-state index contributed by atoms with van der Waals surface area (Å²) < 4.78 is 45.7. The van der Waals surface area contributed by atoms with Gasteiger partial charge in [-0.15, -0.1) is 0 Å². The number of nitrogens with zero attached hydrogens (tertiary/aromatic N) is 6. The van der Waals surface area contributed by atoms with Gasteiger partial charge < -0.3 is 20.9 Å². The average Bonchev–Trinajstić information content (AvgIpc) is 3.40. The number of carbonyl (C=O) groups is 1.